The van der Waals surface area contributed by atoms with E-state index in [-0.39, 0.29) is 12.0 Å². The van der Waals surface area contributed by atoms with E-state index in [4.69, 9.17) is 9.84 Å². The summed E-state index contributed by atoms with van der Waals surface area (Å²) in [5.74, 6) is 0. The summed E-state index contributed by atoms with van der Waals surface area (Å²) in [5.41, 5.74) is -0.266. The van der Waals surface area contributed by atoms with Crippen LogP contribution in [0.15, 0.2) is 4.99 Å². The third-order valence-electron chi connectivity index (χ3n) is 3.14. The Morgan fingerprint density at radius 2 is 2.12 bits per heavy atom. The van der Waals surface area contributed by atoms with Gasteiger partial charge in [0.1, 0.15) is 29.8 Å². The van der Waals surface area contributed by atoms with E-state index in [1.54, 1.807) is 0 Å². The summed E-state index contributed by atoms with van der Waals surface area (Å²) in [6.45, 7) is 1.83. The smallest absolute Gasteiger partial charge is 0.134 e. The molecule has 0 aliphatic carbocycles. The molecular weight excluding hydrogens is 242 g/mol. The van der Waals surface area contributed by atoms with Gasteiger partial charge in [-0.15, -0.1) is 0 Å². The largest absolute Gasteiger partial charge is 0.394 e. The number of thioether (sulfide) groups is 1. The molecule has 5 atom stereocenters. The van der Waals surface area contributed by atoms with E-state index in [0.29, 0.717) is 0 Å². The predicted molar refractivity (Wildman–Crippen MR) is 66.1 cm³/mol. The molecule has 98 valence electrons. The highest BCUT2D eigenvalue weighted by molar-refractivity contribution is 8.14. The van der Waals surface area contributed by atoms with Crippen LogP contribution in [-0.4, -0.2) is 56.8 Å². The van der Waals surface area contributed by atoms with Crippen molar-refractivity contribution in [3.05, 3.63) is 0 Å². The van der Waals surface area contributed by atoms with Crippen LogP contribution in [0.25, 0.3) is 0 Å². The van der Waals surface area contributed by atoms with Crippen LogP contribution < -0.4 is 0 Å². The Bertz CT molecular complexity index is 299. The van der Waals surface area contributed by atoms with Crippen molar-refractivity contribution in [3.63, 3.8) is 0 Å². The third kappa shape index (κ3) is 2.66. The fourth-order valence-corrected chi connectivity index (χ4v) is 3.36. The normalized spacial score (nSPS) is 41.2. The first-order chi connectivity index (χ1) is 8.17. The lowest BCUT2D eigenvalue weighted by Crippen LogP contribution is -2.55. The van der Waals surface area contributed by atoms with E-state index in [9.17, 15) is 10.2 Å². The van der Waals surface area contributed by atoms with Gasteiger partial charge in [0.05, 0.1) is 11.7 Å². The number of aliphatic hydroxyl groups is 3. The molecule has 2 rings (SSSR count). The van der Waals surface area contributed by atoms with Gasteiger partial charge in [-0.3, -0.25) is 4.99 Å². The number of fused-ring (bicyclic) bond motifs is 1. The Morgan fingerprint density at radius 3 is 2.76 bits per heavy atom. The maximum absolute atomic E-state index is 9.93. The Morgan fingerprint density at radius 1 is 1.35 bits per heavy atom. The second-order valence-corrected chi connectivity index (χ2v) is 5.61. The van der Waals surface area contributed by atoms with E-state index in [1.165, 1.54) is 11.8 Å². The van der Waals surface area contributed by atoms with Crippen LogP contribution in [0.2, 0.25) is 0 Å². The van der Waals surface area contributed by atoms with Crippen molar-refractivity contribution in [2.45, 2.75) is 56.0 Å². The minimum absolute atomic E-state index is 0.266. The Kier molecular flexibility index (Phi) is 4.43. The molecule has 1 saturated heterocycles. The zero-order valence-electron chi connectivity index (χ0n) is 9.82. The van der Waals surface area contributed by atoms with Crippen LogP contribution in [0.1, 0.15) is 26.2 Å². The number of hydrogen-bond donors (Lipinski definition) is 3. The van der Waals surface area contributed by atoms with E-state index < -0.39 is 24.4 Å². The van der Waals surface area contributed by atoms with Gasteiger partial charge in [-0.1, -0.05) is 25.1 Å². The van der Waals surface area contributed by atoms with Crippen molar-refractivity contribution in [1.82, 2.24) is 0 Å². The van der Waals surface area contributed by atoms with E-state index >= 15 is 0 Å². The molecule has 2 aliphatic rings. The molecule has 5 nitrogen and oxygen atoms in total. The van der Waals surface area contributed by atoms with E-state index in [1.807, 2.05) is 0 Å². The average Bonchev–Trinajstić information content (AvgIpc) is 2.74. The maximum Gasteiger partial charge on any atom is 0.134 e. The van der Waals surface area contributed by atoms with Crippen molar-refractivity contribution in [2.24, 2.45) is 4.99 Å². The minimum atomic E-state index is -1.06. The summed E-state index contributed by atoms with van der Waals surface area (Å²) in [6, 6.07) is -0.398. The van der Waals surface area contributed by atoms with Gasteiger partial charge >= 0.3 is 0 Å². The zero-order chi connectivity index (χ0) is 12.4. The van der Waals surface area contributed by atoms with Gasteiger partial charge in [-0.25, -0.2) is 0 Å². The van der Waals surface area contributed by atoms with Gasteiger partial charge in [0, 0.05) is 0 Å². The molecule has 0 spiro atoms. The van der Waals surface area contributed by atoms with Gasteiger partial charge in [0.15, 0.2) is 0 Å². The van der Waals surface area contributed by atoms with E-state index in [2.05, 4.69) is 11.9 Å². The molecule has 6 heteroatoms. The summed E-state index contributed by atoms with van der Waals surface area (Å²) in [6.07, 6.45) is 0.339. The lowest BCUT2D eigenvalue weighted by Gasteiger charge is -2.37. The quantitative estimate of drug-likeness (QED) is 0.670. The first-order valence-electron chi connectivity index (χ1n) is 6.03. The predicted octanol–water partition coefficient (Wildman–Crippen LogP) is 0.129. The molecule has 0 radical (unpaired) electrons. The molecule has 0 aromatic heterocycles. The Labute approximate surface area is 105 Å². The van der Waals surface area contributed by atoms with Gasteiger partial charge in [-0.2, -0.15) is 0 Å². The second-order valence-electron chi connectivity index (χ2n) is 4.44. The molecular formula is C11H19NO4S. The Balaban J connectivity index is 2.01. The summed E-state index contributed by atoms with van der Waals surface area (Å²) in [7, 11) is 0. The van der Waals surface area contributed by atoms with Crippen molar-refractivity contribution < 1.29 is 20.1 Å². The number of aliphatic hydroxyl groups excluding tert-OH is 3. The number of nitrogens with zero attached hydrogens (tertiary/aromatic N) is 1. The van der Waals surface area contributed by atoms with Gasteiger partial charge in [0.2, 0.25) is 0 Å². The monoisotopic (exact) mass is 261 g/mol. The standard InChI is InChI=1S/C11H19NO4S/c1-2-3-4-7-12-8-10(15)9(14)6(5-13)16-11(8)17-7/h6,8-11,13-15H,2-5H2,1H3/t6?,8-,9-,10-,11-/m1/s1. The highest BCUT2D eigenvalue weighted by atomic mass is 32.2. The van der Waals surface area contributed by atoms with Gasteiger partial charge in [-0.05, 0) is 12.8 Å². The molecule has 0 amide bonds. The SMILES string of the molecule is CCCCC1=N[C@@H]2[C@@H](O)[C@H](O)C(CO)O[C@@H]2S1. The lowest BCUT2D eigenvalue weighted by atomic mass is 9.99. The van der Waals surface area contributed by atoms with Crippen LogP contribution in [0, 0.1) is 0 Å². The summed E-state index contributed by atoms with van der Waals surface area (Å²) < 4.78 is 5.54. The van der Waals surface area contributed by atoms with Crippen molar-refractivity contribution in [1.29, 1.82) is 0 Å². The number of aliphatic imine (C=N–C) groups is 1. The van der Waals surface area contributed by atoms with Gasteiger partial charge < -0.3 is 20.1 Å². The zero-order valence-corrected chi connectivity index (χ0v) is 10.6. The molecule has 2 aliphatic heterocycles. The highest BCUT2D eigenvalue weighted by Crippen LogP contribution is 2.37. The molecule has 3 N–H and O–H groups in total. The van der Waals surface area contributed by atoms with Gasteiger partial charge in [0.25, 0.3) is 0 Å². The average molecular weight is 261 g/mol. The van der Waals surface area contributed by atoms with E-state index in [0.717, 1.165) is 24.3 Å². The number of ether oxygens (including phenoxy) is 1. The van der Waals surface area contributed by atoms with Crippen LogP contribution in [0.4, 0.5) is 0 Å². The van der Waals surface area contributed by atoms with Crippen molar-refractivity contribution in [3.8, 4) is 0 Å². The molecule has 0 bridgehead atoms. The molecule has 0 aromatic rings. The fraction of sp³-hybridized carbons (Fsp3) is 0.909. The third-order valence-corrected chi connectivity index (χ3v) is 4.34. The van der Waals surface area contributed by atoms with Crippen LogP contribution >= 0.6 is 11.8 Å². The fourth-order valence-electron chi connectivity index (χ4n) is 2.08. The Hall–Kier alpha value is -0.140. The summed E-state index contributed by atoms with van der Waals surface area (Å²) in [4.78, 5) is 4.41. The summed E-state index contributed by atoms with van der Waals surface area (Å²) in [5, 5.41) is 29.7. The molecule has 1 fully saturated rings. The number of unbranched alkanes of at least 4 members (excludes halogenated alkanes) is 1. The molecule has 1 unspecified atom stereocenters. The first-order valence-corrected chi connectivity index (χ1v) is 6.91. The van der Waals surface area contributed by atoms with Crippen molar-refractivity contribution in [2.75, 3.05) is 6.61 Å². The second kappa shape index (κ2) is 5.67. The summed E-state index contributed by atoms with van der Waals surface area (Å²) >= 11 is 1.50. The van der Waals surface area contributed by atoms with Crippen molar-refractivity contribution >= 4 is 16.8 Å². The minimum Gasteiger partial charge on any atom is -0.394 e. The molecule has 2 heterocycles. The molecule has 0 aromatic carbocycles. The van der Waals surface area contributed by atoms with Crippen LogP contribution in [-0.2, 0) is 4.74 Å². The van der Waals surface area contributed by atoms with Crippen LogP contribution in [0.5, 0.6) is 0 Å². The number of hydrogen-bond acceptors (Lipinski definition) is 6. The maximum atomic E-state index is 9.93. The molecule has 0 saturated carbocycles. The topological polar surface area (TPSA) is 82.3 Å². The number of rotatable bonds is 4. The highest BCUT2D eigenvalue weighted by Gasteiger charge is 2.47. The lowest BCUT2D eigenvalue weighted by molar-refractivity contribution is -0.164. The first kappa shape index (κ1) is 13.3. The van der Waals surface area contributed by atoms with Crippen LogP contribution in [0.3, 0.4) is 0 Å². The molecule has 17 heavy (non-hydrogen) atoms.